The SMILES string of the molecule is COc1cc(C(C)Nc2cccc([N+](=O)[O-])c2)ccc1F. The highest BCUT2D eigenvalue weighted by Crippen LogP contribution is 2.26. The van der Waals surface area contributed by atoms with E-state index in [1.54, 1.807) is 24.3 Å². The van der Waals surface area contributed by atoms with Gasteiger partial charge in [-0.2, -0.15) is 0 Å². The Morgan fingerprint density at radius 1 is 1.29 bits per heavy atom. The molecule has 1 atom stereocenters. The quantitative estimate of drug-likeness (QED) is 0.669. The van der Waals surface area contributed by atoms with Gasteiger partial charge in [-0.15, -0.1) is 0 Å². The van der Waals surface area contributed by atoms with Crippen LogP contribution in [0.5, 0.6) is 5.75 Å². The van der Waals surface area contributed by atoms with Gasteiger partial charge in [0.25, 0.3) is 5.69 Å². The first-order chi connectivity index (χ1) is 10.0. The van der Waals surface area contributed by atoms with Gasteiger partial charge in [0, 0.05) is 23.9 Å². The highest BCUT2D eigenvalue weighted by atomic mass is 19.1. The summed E-state index contributed by atoms with van der Waals surface area (Å²) in [5.41, 5.74) is 1.46. The van der Waals surface area contributed by atoms with E-state index in [0.717, 1.165) is 5.56 Å². The van der Waals surface area contributed by atoms with Crippen LogP contribution in [0.25, 0.3) is 0 Å². The number of hydrogen-bond acceptors (Lipinski definition) is 4. The summed E-state index contributed by atoms with van der Waals surface area (Å²) in [7, 11) is 1.40. The van der Waals surface area contributed by atoms with Gasteiger partial charge in [0.15, 0.2) is 11.6 Å². The van der Waals surface area contributed by atoms with E-state index in [9.17, 15) is 14.5 Å². The van der Waals surface area contributed by atoms with Crippen molar-refractivity contribution < 1.29 is 14.1 Å². The molecule has 21 heavy (non-hydrogen) atoms. The number of benzene rings is 2. The molecule has 0 aliphatic rings. The van der Waals surface area contributed by atoms with Crippen LogP contribution in [-0.2, 0) is 0 Å². The first-order valence-electron chi connectivity index (χ1n) is 6.35. The molecule has 0 fully saturated rings. The molecule has 0 amide bonds. The lowest BCUT2D eigenvalue weighted by Gasteiger charge is -2.16. The smallest absolute Gasteiger partial charge is 0.271 e. The predicted molar refractivity (Wildman–Crippen MR) is 78.1 cm³/mol. The van der Waals surface area contributed by atoms with Gasteiger partial charge in [-0.05, 0) is 30.7 Å². The molecule has 0 radical (unpaired) electrons. The van der Waals surface area contributed by atoms with Gasteiger partial charge in [-0.3, -0.25) is 10.1 Å². The fraction of sp³-hybridized carbons (Fsp3) is 0.200. The third kappa shape index (κ3) is 3.47. The Morgan fingerprint density at radius 3 is 2.71 bits per heavy atom. The van der Waals surface area contributed by atoms with Gasteiger partial charge in [-0.25, -0.2) is 4.39 Å². The Labute approximate surface area is 121 Å². The third-order valence-electron chi connectivity index (χ3n) is 3.12. The van der Waals surface area contributed by atoms with Crippen LogP contribution in [0.1, 0.15) is 18.5 Å². The molecule has 110 valence electrons. The molecule has 0 saturated carbocycles. The Morgan fingerprint density at radius 2 is 2.05 bits per heavy atom. The van der Waals surface area contributed by atoms with Gasteiger partial charge in [0.2, 0.25) is 0 Å². The summed E-state index contributed by atoms with van der Waals surface area (Å²) in [6.07, 6.45) is 0. The molecule has 2 aromatic carbocycles. The van der Waals surface area contributed by atoms with Crippen molar-refractivity contribution in [3.05, 3.63) is 64.0 Å². The number of hydrogen-bond donors (Lipinski definition) is 1. The summed E-state index contributed by atoms with van der Waals surface area (Å²) in [5, 5.41) is 13.9. The maximum atomic E-state index is 13.4. The summed E-state index contributed by atoms with van der Waals surface area (Å²) in [5.74, 6) is -0.260. The van der Waals surface area contributed by atoms with E-state index in [1.165, 1.54) is 25.3 Å². The summed E-state index contributed by atoms with van der Waals surface area (Å²) in [6, 6.07) is 10.7. The third-order valence-corrected chi connectivity index (χ3v) is 3.12. The molecule has 6 heteroatoms. The molecule has 0 spiro atoms. The summed E-state index contributed by atoms with van der Waals surface area (Å²) < 4.78 is 18.3. The van der Waals surface area contributed by atoms with Crippen LogP contribution in [0.15, 0.2) is 42.5 Å². The number of anilines is 1. The van der Waals surface area contributed by atoms with E-state index in [-0.39, 0.29) is 17.5 Å². The van der Waals surface area contributed by atoms with Crippen molar-refractivity contribution >= 4 is 11.4 Å². The summed E-state index contributed by atoms with van der Waals surface area (Å²) >= 11 is 0. The van der Waals surface area contributed by atoms with Gasteiger partial charge in [0.1, 0.15) is 0 Å². The maximum absolute atomic E-state index is 13.4. The van der Waals surface area contributed by atoms with Crippen molar-refractivity contribution in [2.24, 2.45) is 0 Å². The van der Waals surface area contributed by atoms with E-state index in [0.29, 0.717) is 5.69 Å². The fourth-order valence-electron chi connectivity index (χ4n) is 1.99. The van der Waals surface area contributed by atoms with E-state index < -0.39 is 10.7 Å². The topological polar surface area (TPSA) is 64.4 Å². The van der Waals surface area contributed by atoms with Crippen molar-refractivity contribution in [2.45, 2.75) is 13.0 Å². The van der Waals surface area contributed by atoms with Gasteiger partial charge in [-0.1, -0.05) is 12.1 Å². The molecular weight excluding hydrogens is 275 g/mol. The molecule has 0 heterocycles. The van der Waals surface area contributed by atoms with Gasteiger partial charge in [0.05, 0.1) is 12.0 Å². The van der Waals surface area contributed by atoms with Crippen molar-refractivity contribution in [2.75, 3.05) is 12.4 Å². The van der Waals surface area contributed by atoms with Crippen molar-refractivity contribution in [1.29, 1.82) is 0 Å². The number of nitrogens with one attached hydrogen (secondary N) is 1. The highest BCUT2D eigenvalue weighted by Gasteiger charge is 2.11. The fourth-order valence-corrected chi connectivity index (χ4v) is 1.99. The van der Waals surface area contributed by atoms with E-state index in [2.05, 4.69) is 5.32 Å². The van der Waals surface area contributed by atoms with Crippen LogP contribution in [0.3, 0.4) is 0 Å². The Balaban J connectivity index is 2.19. The lowest BCUT2D eigenvalue weighted by atomic mass is 10.1. The number of halogens is 1. The van der Waals surface area contributed by atoms with Crippen molar-refractivity contribution in [1.82, 2.24) is 0 Å². The average molecular weight is 290 g/mol. The van der Waals surface area contributed by atoms with E-state index in [1.807, 2.05) is 6.92 Å². The van der Waals surface area contributed by atoms with Crippen LogP contribution >= 0.6 is 0 Å². The largest absolute Gasteiger partial charge is 0.494 e. The van der Waals surface area contributed by atoms with Crippen LogP contribution < -0.4 is 10.1 Å². The van der Waals surface area contributed by atoms with Crippen LogP contribution in [0.4, 0.5) is 15.8 Å². The zero-order chi connectivity index (χ0) is 15.4. The maximum Gasteiger partial charge on any atom is 0.271 e. The van der Waals surface area contributed by atoms with Gasteiger partial charge >= 0.3 is 0 Å². The first kappa shape index (κ1) is 14.8. The minimum atomic E-state index is -0.448. The van der Waals surface area contributed by atoms with Crippen LogP contribution in [0, 0.1) is 15.9 Å². The number of nitro groups is 1. The van der Waals surface area contributed by atoms with Crippen LogP contribution in [-0.4, -0.2) is 12.0 Å². The molecule has 0 aliphatic carbocycles. The number of non-ortho nitro benzene ring substituents is 1. The minimum Gasteiger partial charge on any atom is -0.494 e. The number of nitro benzene ring substituents is 1. The Bertz CT molecular complexity index is 661. The van der Waals surface area contributed by atoms with E-state index >= 15 is 0 Å². The zero-order valence-electron chi connectivity index (χ0n) is 11.7. The van der Waals surface area contributed by atoms with Crippen molar-refractivity contribution in [3.8, 4) is 5.75 Å². The zero-order valence-corrected chi connectivity index (χ0v) is 11.7. The molecule has 2 aromatic rings. The summed E-state index contributed by atoms with van der Waals surface area (Å²) in [4.78, 5) is 10.3. The summed E-state index contributed by atoms with van der Waals surface area (Å²) in [6.45, 7) is 1.88. The van der Waals surface area contributed by atoms with Gasteiger partial charge < -0.3 is 10.1 Å². The molecular formula is C15H15FN2O3. The monoisotopic (exact) mass is 290 g/mol. The Kier molecular flexibility index (Phi) is 4.37. The molecule has 1 unspecified atom stereocenters. The highest BCUT2D eigenvalue weighted by molar-refractivity contribution is 5.52. The molecule has 0 aliphatic heterocycles. The molecule has 0 saturated heterocycles. The molecule has 2 rings (SSSR count). The lowest BCUT2D eigenvalue weighted by Crippen LogP contribution is -2.07. The first-order valence-corrected chi connectivity index (χ1v) is 6.35. The average Bonchev–Trinajstić information content (AvgIpc) is 2.47. The molecule has 0 aromatic heterocycles. The van der Waals surface area contributed by atoms with Crippen LogP contribution in [0.2, 0.25) is 0 Å². The molecule has 5 nitrogen and oxygen atoms in total. The predicted octanol–water partition coefficient (Wildman–Crippen LogP) is 3.92. The molecule has 0 bridgehead atoms. The second kappa shape index (κ2) is 6.21. The lowest BCUT2D eigenvalue weighted by molar-refractivity contribution is -0.384. The molecule has 1 N–H and O–H groups in total. The second-order valence-electron chi connectivity index (χ2n) is 4.57. The number of nitrogens with zero attached hydrogens (tertiary/aromatic N) is 1. The Hall–Kier alpha value is -2.63. The van der Waals surface area contributed by atoms with E-state index in [4.69, 9.17) is 4.74 Å². The minimum absolute atomic E-state index is 0.0175. The number of ether oxygens (including phenoxy) is 1. The van der Waals surface area contributed by atoms with Crippen molar-refractivity contribution in [3.63, 3.8) is 0 Å². The second-order valence-corrected chi connectivity index (χ2v) is 4.57. The number of methoxy groups -OCH3 is 1. The standard InChI is InChI=1S/C15H15FN2O3/c1-10(11-6-7-14(16)15(8-11)21-2)17-12-4-3-5-13(9-12)18(19)20/h3-10,17H,1-2H3. The normalized spacial score (nSPS) is 11.8. The number of rotatable bonds is 5.